The lowest BCUT2D eigenvalue weighted by molar-refractivity contribution is 0.673. The molecule has 0 spiro atoms. The molecule has 3 nitrogen and oxygen atoms in total. The zero-order valence-corrected chi connectivity index (χ0v) is 9.72. The van der Waals surface area contributed by atoms with Crippen molar-refractivity contribution in [1.29, 1.82) is 0 Å². The van der Waals surface area contributed by atoms with Crippen LogP contribution in [0.15, 0.2) is 18.2 Å². The van der Waals surface area contributed by atoms with Crippen molar-refractivity contribution in [2.24, 2.45) is 0 Å². The highest BCUT2D eigenvalue weighted by Crippen LogP contribution is 2.27. The van der Waals surface area contributed by atoms with Gasteiger partial charge in [-0.05, 0) is 18.6 Å². The second-order valence-electron chi connectivity index (χ2n) is 3.85. The SMILES string of the molecule is Cc1cccc(N)c1N1CCS(=O)CC1. The lowest BCUT2D eigenvalue weighted by atomic mass is 10.1. The van der Waals surface area contributed by atoms with Crippen LogP contribution >= 0.6 is 0 Å². The summed E-state index contributed by atoms with van der Waals surface area (Å²) in [6, 6.07) is 5.96. The minimum Gasteiger partial charge on any atom is -0.397 e. The zero-order chi connectivity index (χ0) is 10.8. The first-order valence-corrected chi connectivity index (χ1v) is 6.62. The maximum absolute atomic E-state index is 11.3. The Morgan fingerprint density at radius 1 is 1.33 bits per heavy atom. The molecule has 1 heterocycles. The molecule has 2 rings (SSSR count). The summed E-state index contributed by atoms with van der Waals surface area (Å²) in [5.41, 5.74) is 9.11. The molecule has 0 unspecified atom stereocenters. The van der Waals surface area contributed by atoms with Crippen molar-refractivity contribution in [3.8, 4) is 0 Å². The normalized spacial score (nSPS) is 18.1. The van der Waals surface area contributed by atoms with E-state index in [1.54, 1.807) is 0 Å². The molecule has 1 fully saturated rings. The van der Waals surface area contributed by atoms with Gasteiger partial charge in [-0.2, -0.15) is 0 Å². The van der Waals surface area contributed by atoms with E-state index in [2.05, 4.69) is 17.9 Å². The minimum absolute atomic E-state index is 0.630. The second-order valence-corrected chi connectivity index (χ2v) is 5.54. The molecule has 0 atom stereocenters. The van der Waals surface area contributed by atoms with Gasteiger partial charge < -0.3 is 10.6 Å². The Kier molecular flexibility index (Phi) is 2.95. The van der Waals surface area contributed by atoms with Crippen LogP contribution < -0.4 is 10.6 Å². The van der Waals surface area contributed by atoms with E-state index in [1.807, 2.05) is 12.1 Å². The van der Waals surface area contributed by atoms with E-state index in [9.17, 15) is 4.21 Å². The quantitative estimate of drug-likeness (QED) is 0.728. The number of hydrogen-bond acceptors (Lipinski definition) is 3. The van der Waals surface area contributed by atoms with Crippen molar-refractivity contribution in [2.75, 3.05) is 35.2 Å². The van der Waals surface area contributed by atoms with Crippen LogP contribution in [-0.4, -0.2) is 28.8 Å². The standard InChI is InChI=1S/C11H16N2OS/c1-9-3-2-4-10(12)11(9)13-5-7-15(14)8-6-13/h2-4H,5-8,12H2,1H3. The number of nitrogens with zero attached hydrogens (tertiary/aromatic N) is 1. The summed E-state index contributed by atoms with van der Waals surface area (Å²) in [5, 5.41) is 0. The Hall–Kier alpha value is -1.03. The third kappa shape index (κ3) is 2.15. The molecule has 1 aliphatic heterocycles. The van der Waals surface area contributed by atoms with Crippen LogP contribution in [0.3, 0.4) is 0 Å². The Morgan fingerprint density at radius 2 is 2.00 bits per heavy atom. The smallest absolute Gasteiger partial charge is 0.0630 e. The highest BCUT2D eigenvalue weighted by atomic mass is 32.2. The fourth-order valence-corrected chi connectivity index (χ4v) is 3.03. The van der Waals surface area contributed by atoms with E-state index < -0.39 is 10.8 Å². The molecule has 0 aromatic heterocycles. The largest absolute Gasteiger partial charge is 0.397 e. The summed E-state index contributed by atoms with van der Waals surface area (Å²) in [6.45, 7) is 3.76. The van der Waals surface area contributed by atoms with Crippen LogP contribution in [0.1, 0.15) is 5.56 Å². The molecule has 82 valence electrons. The number of hydrogen-bond donors (Lipinski definition) is 1. The van der Waals surface area contributed by atoms with Crippen molar-refractivity contribution in [2.45, 2.75) is 6.92 Å². The molecule has 0 radical (unpaired) electrons. The molecule has 0 aliphatic carbocycles. The third-order valence-electron chi connectivity index (χ3n) is 2.76. The van der Waals surface area contributed by atoms with E-state index in [1.165, 1.54) is 5.56 Å². The molecule has 2 N–H and O–H groups in total. The molecule has 1 saturated heterocycles. The van der Waals surface area contributed by atoms with Gasteiger partial charge in [0.15, 0.2) is 0 Å². The van der Waals surface area contributed by atoms with E-state index in [-0.39, 0.29) is 0 Å². The van der Waals surface area contributed by atoms with E-state index in [0.717, 1.165) is 36.0 Å². The number of rotatable bonds is 1. The van der Waals surface area contributed by atoms with Gasteiger partial charge in [-0.25, -0.2) is 0 Å². The Bertz CT molecular complexity index is 362. The molecular weight excluding hydrogens is 208 g/mol. The van der Waals surface area contributed by atoms with E-state index >= 15 is 0 Å². The minimum atomic E-state index is -0.630. The van der Waals surface area contributed by atoms with Crippen molar-refractivity contribution in [3.05, 3.63) is 23.8 Å². The van der Waals surface area contributed by atoms with Gasteiger partial charge in [-0.15, -0.1) is 0 Å². The lowest BCUT2D eigenvalue weighted by Crippen LogP contribution is -2.38. The second kappa shape index (κ2) is 4.23. The van der Waals surface area contributed by atoms with Gasteiger partial charge in [0, 0.05) is 35.4 Å². The van der Waals surface area contributed by atoms with Gasteiger partial charge >= 0.3 is 0 Å². The van der Waals surface area contributed by atoms with Crippen molar-refractivity contribution in [1.82, 2.24) is 0 Å². The first-order chi connectivity index (χ1) is 7.18. The Morgan fingerprint density at radius 3 is 2.60 bits per heavy atom. The number of para-hydroxylation sites is 1. The predicted molar refractivity (Wildman–Crippen MR) is 65.7 cm³/mol. The first kappa shape index (κ1) is 10.5. The molecule has 15 heavy (non-hydrogen) atoms. The van der Waals surface area contributed by atoms with Gasteiger partial charge in [-0.1, -0.05) is 12.1 Å². The molecule has 0 saturated carbocycles. The summed E-state index contributed by atoms with van der Waals surface area (Å²) >= 11 is 0. The third-order valence-corrected chi connectivity index (χ3v) is 4.04. The first-order valence-electron chi connectivity index (χ1n) is 5.13. The summed E-state index contributed by atoms with van der Waals surface area (Å²) in [4.78, 5) is 2.24. The Labute approximate surface area is 92.7 Å². The number of aryl methyl sites for hydroxylation is 1. The monoisotopic (exact) mass is 224 g/mol. The molecule has 0 bridgehead atoms. The van der Waals surface area contributed by atoms with Gasteiger partial charge in [0.05, 0.1) is 11.4 Å². The average Bonchev–Trinajstić information content (AvgIpc) is 2.20. The summed E-state index contributed by atoms with van der Waals surface area (Å²) in [6.07, 6.45) is 0. The lowest BCUT2D eigenvalue weighted by Gasteiger charge is -2.30. The highest BCUT2D eigenvalue weighted by molar-refractivity contribution is 7.85. The van der Waals surface area contributed by atoms with Crippen LogP contribution in [-0.2, 0) is 10.8 Å². The van der Waals surface area contributed by atoms with Crippen LogP contribution in [0.4, 0.5) is 11.4 Å². The predicted octanol–water partition coefficient (Wildman–Crippen LogP) is 1.15. The summed E-state index contributed by atoms with van der Waals surface area (Å²) in [5.74, 6) is 1.52. The summed E-state index contributed by atoms with van der Waals surface area (Å²) < 4.78 is 11.3. The topological polar surface area (TPSA) is 46.3 Å². The number of nitrogens with two attached hydrogens (primary N) is 1. The number of anilines is 2. The molecule has 0 amide bonds. The fraction of sp³-hybridized carbons (Fsp3) is 0.455. The van der Waals surface area contributed by atoms with Crippen molar-refractivity contribution >= 4 is 22.2 Å². The number of benzene rings is 1. The van der Waals surface area contributed by atoms with Crippen LogP contribution in [0.25, 0.3) is 0 Å². The molecular formula is C11H16N2OS. The zero-order valence-electron chi connectivity index (χ0n) is 8.90. The highest BCUT2D eigenvalue weighted by Gasteiger charge is 2.18. The maximum atomic E-state index is 11.3. The van der Waals surface area contributed by atoms with Crippen LogP contribution in [0.2, 0.25) is 0 Å². The van der Waals surface area contributed by atoms with Crippen LogP contribution in [0, 0.1) is 6.92 Å². The molecule has 4 heteroatoms. The van der Waals surface area contributed by atoms with Gasteiger partial charge in [0.1, 0.15) is 0 Å². The van der Waals surface area contributed by atoms with Gasteiger partial charge in [0.25, 0.3) is 0 Å². The summed E-state index contributed by atoms with van der Waals surface area (Å²) in [7, 11) is -0.630. The van der Waals surface area contributed by atoms with Crippen LogP contribution in [0.5, 0.6) is 0 Å². The van der Waals surface area contributed by atoms with E-state index in [0.29, 0.717) is 0 Å². The van der Waals surface area contributed by atoms with Gasteiger partial charge in [-0.3, -0.25) is 4.21 Å². The Balaban J connectivity index is 2.26. The van der Waals surface area contributed by atoms with Gasteiger partial charge in [0.2, 0.25) is 0 Å². The average molecular weight is 224 g/mol. The molecule has 1 aromatic carbocycles. The maximum Gasteiger partial charge on any atom is 0.0630 e. The fourth-order valence-electron chi connectivity index (χ4n) is 1.98. The number of nitrogen functional groups attached to an aromatic ring is 1. The van der Waals surface area contributed by atoms with E-state index in [4.69, 9.17) is 5.73 Å². The molecule has 1 aliphatic rings. The molecule has 1 aromatic rings. The van der Waals surface area contributed by atoms with Crippen molar-refractivity contribution < 1.29 is 4.21 Å². The van der Waals surface area contributed by atoms with Crippen molar-refractivity contribution in [3.63, 3.8) is 0 Å².